The van der Waals surface area contributed by atoms with Gasteiger partial charge in [0.1, 0.15) is 12.1 Å². The van der Waals surface area contributed by atoms with Crippen molar-refractivity contribution in [2.75, 3.05) is 0 Å². The van der Waals surface area contributed by atoms with Crippen molar-refractivity contribution in [3.8, 4) is 24.3 Å². The molecule has 0 radical (unpaired) electrons. The molecule has 124 valence electrons. The Hall–Kier alpha value is -3.64. The first-order chi connectivity index (χ1) is 12.6. The molecule has 1 saturated heterocycles. The number of rotatable bonds is 2. The molecule has 0 bridgehead atoms. The third-order valence-corrected chi connectivity index (χ3v) is 5.12. The Labute approximate surface area is 152 Å². The Kier molecular flexibility index (Phi) is 4.43. The maximum absolute atomic E-state index is 9.84. The van der Waals surface area contributed by atoms with Crippen molar-refractivity contribution < 1.29 is 5.32 Å². The van der Waals surface area contributed by atoms with Gasteiger partial charge in [0.15, 0.2) is 0 Å². The summed E-state index contributed by atoms with van der Waals surface area (Å²) >= 11 is 0. The largest absolute Gasteiger partial charge is 0.329 e. The lowest BCUT2D eigenvalue weighted by molar-refractivity contribution is -0.762. The first-order valence-corrected chi connectivity index (χ1v) is 8.24. The SMILES string of the molecule is N#CC1(C#N)CC(C#N)(C#N)[C@@H](c2ccccc2)[NH2+][C@@H]1c1ccccc1. The summed E-state index contributed by atoms with van der Waals surface area (Å²) in [6.07, 6.45) is -0.115. The molecule has 5 heteroatoms. The molecule has 0 saturated carbocycles. The van der Waals surface area contributed by atoms with Crippen LogP contribution in [0.2, 0.25) is 0 Å². The number of piperidine rings is 1. The van der Waals surface area contributed by atoms with Crippen molar-refractivity contribution in [3.63, 3.8) is 0 Å². The van der Waals surface area contributed by atoms with Gasteiger partial charge in [0.25, 0.3) is 0 Å². The third-order valence-electron chi connectivity index (χ3n) is 5.12. The number of nitriles is 4. The smallest absolute Gasteiger partial charge is 0.201 e. The van der Waals surface area contributed by atoms with Crippen molar-refractivity contribution in [3.05, 3.63) is 71.8 Å². The van der Waals surface area contributed by atoms with Gasteiger partial charge in [0.2, 0.25) is 10.8 Å². The first-order valence-electron chi connectivity index (χ1n) is 8.24. The van der Waals surface area contributed by atoms with Gasteiger partial charge in [0, 0.05) is 17.5 Å². The van der Waals surface area contributed by atoms with Crippen LogP contribution in [0.4, 0.5) is 0 Å². The minimum absolute atomic E-state index is 0.115. The Morgan fingerprint density at radius 2 is 1.00 bits per heavy atom. The molecule has 5 nitrogen and oxygen atoms in total. The van der Waals surface area contributed by atoms with E-state index in [1.54, 1.807) is 0 Å². The molecular formula is C21H16N5+. The van der Waals surface area contributed by atoms with Gasteiger partial charge in [-0.1, -0.05) is 60.7 Å². The second-order valence-corrected chi connectivity index (χ2v) is 6.54. The highest BCUT2D eigenvalue weighted by molar-refractivity contribution is 5.36. The molecule has 0 spiro atoms. The predicted molar refractivity (Wildman–Crippen MR) is 92.2 cm³/mol. The average molecular weight is 338 g/mol. The van der Waals surface area contributed by atoms with Gasteiger partial charge in [-0.15, -0.1) is 0 Å². The third kappa shape index (κ3) is 2.58. The number of nitrogens with two attached hydrogens (primary N) is 1. The van der Waals surface area contributed by atoms with Gasteiger partial charge in [-0.3, -0.25) is 0 Å². The lowest BCUT2D eigenvalue weighted by atomic mass is 9.60. The van der Waals surface area contributed by atoms with Gasteiger partial charge in [0.05, 0.1) is 24.3 Å². The van der Waals surface area contributed by atoms with Crippen LogP contribution in [0.15, 0.2) is 60.7 Å². The van der Waals surface area contributed by atoms with Crippen LogP contribution >= 0.6 is 0 Å². The summed E-state index contributed by atoms with van der Waals surface area (Å²) in [6, 6.07) is 26.2. The molecule has 0 aliphatic carbocycles. The maximum Gasteiger partial charge on any atom is 0.201 e. The van der Waals surface area contributed by atoms with Crippen LogP contribution in [0.3, 0.4) is 0 Å². The fraction of sp³-hybridized carbons (Fsp3) is 0.238. The second-order valence-electron chi connectivity index (χ2n) is 6.54. The zero-order valence-corrected chi connectivity index (χ0v) is 14.0. The highest BCUT2D eigenvalue weighted by atomic mass is 15.0. The summed E-state index contributed by atoms with van der Waals surface area (Å²) in [5, 5.41) is 41.2. The summed E-state index contributed by atoms with van der Waals surface area (Å²) in [5.41, 5.74) is -1.25. The van der Waals surface area contributed by atoms with E-state index in [0.29, 0.717) is 0 Å². The fourth-order valence-electron chi connectivity index (χ4n) is 3.78. The van der Waals surface area contributed by atoms with E-state index in [4.69, 9.17) is 0 Å². The molecule has 26 heavy (non-hydrogen) atoms. The van der Waals surface area contributed by atoms with Crippen molar-refractivity contribution in [1.82, 2.24) is 0 Å². The number of quaternary nitrogens is 1. The number of hydrogen-bond acceptors (Lipinski definition) is 4. The Morgan fingerprint density at radius 3 is 1.31 bits per heavy atom. The van der Waals surface area contributed by atoms with Crippen LogP contribution in [-0.4, -0.2) is 0 Å². The molecule has 0 unspecified atom stereocenters. The Bertz CT molecular complexity index is 846. The van der Waals surface area contributed by atoms with Gasteiger partial charge in [-0.2, -0.15) is 21.0 Å². The topological polar surface area (TPSA) is 112 Å². The van der Waals surface area contributed by atoms with E-state index >= 15 is 0 Å². The number of hydrogen-bond donors (Lipinski definition) is 1. The van der Waals surface area contributed by atoms with E-state index in [1.165, 1.54) is 0 Å². The van der Waals surface area contributed by atoms with Gasteiger partial charge in [-0.25, -0.2) is 0 Å². The molecule has 1 aliphatic heterocycles. The Morgan fingerprint density at radius 1 is 0.654 bits per heavy atom. The zero-order valence-electron chi connectivity index (χ0n) is 14.0. The van der Waals surface area contributed by atoms with Crippen LogP contribution in [0.5, 0.6) is 0 Å². The van der Waals surface area contributed by atoms with Gasteiger partial charge >= 0.3 is 0 Å². The van der Waals surface area contributed by atoms with Crippen LogP contribution in [0.25, 0.3) is 0 Å². The van der Waals surface area contributed by atoms with E-state index in [1.807, 2.05) is 66.0 Å². The first kappa shape index (κ1) is 17.2. The highest BCUT2D eigenvalue weighted by Crippen LogP contribution is 2.49. The van der Waals surface area contributed by atoms with E-state index in [0.717, 1.165) is 11.1 Å². The van der Waals surface area contributed by atoms with E-state index in [2.05, 4.69) is 24.3 Å². The lowest BCUT2D eigenvalue weighted by Crippen LogP contribution is -2.93. The molecule has 0 aromatic heterocycles. The summed E-state index contributed by atoms with van der Waals surface area (Å²) in [6.45, 7) is 0. The van der Waals surface area contributed by atoms with E-state index in [9.17, 15) is 21.0 Å². The predicted octanol–water partition coefficient (Wildman–Crippen LogP) is 2.50. The molecule has 3 rings (SSSR count). The van der Waals surface area contributed by atoms with Crippen LogP contribution < -0.4 is 5.32 Å². The van der Waals surface area contributed by atoms with Gasteiger partial charge < -0.3 is 5.32 Å². The molecule has 1 aliphatic rings. The number of benzene rings is 2. The molecule has 1 heterocycles. The molecule has 2 atom stereocenters. The van der Waals surface area contributed by atoms with Crippen LogP contribution in [-0.2, 0) is 0 Å². The van der Waals surface area contributed by atoms with Gasteiger partial charge in [-0.05, 0) is 0 Å². The van der Waals surface area contributed by atoms with E-state index in [-0.39, 0.29) is 6.42 Å². The minimum atomic E-state index is -1.46. The second kappa shape index (κ2) is 6.70. The number of nitrogens with zero attached hydrogens (tertiary/aromatic N) is 4. The fourth-order valence-corrected chi connectivity index (χ4v) is 3.78. The average Bonchev–Trinajstić information content (AvgIpc) is 2.74. The van der Waals surface area contributed by atoms with Crippen LogP contribution in [0, 0.1) is 56.2 Å². The van der Waals surface area contributed by atoms with Crippen LogP contribution in [0.1, 0.15) is 29.6 Å². The summed E-state index contributed by atoms with van der Waals surface area (Å²) in [7, 11) is 0. The van der Waals surface area contributed by atoms with Crippen molar-refractivity contribution in [2.24, 2.45) is 10.8 Å². The lowest BCUT2D eigenvalue weighted by Gasteiger charge is -2.42. The molecule has 2 aromatic carbocycles. The highest BCUT2D eigenvalue weighted by Gasteiger charge is 2.61. The minimum Gasteiger partial charge on any atom is -0.329 e. The summed E-state index contributed by atoms with van der Waals surface area (Å²) in [5.74, 6) is 0. The normalized spacial score (nSPS) is 22.8. The molecule has 1 fully saturated rings. The molecule has 2 N–H and O–H groups in total. The zero-order chi connectivity index (χ0) is 18.6. The standard InChI is InChI=1S/C21H15N5/c22-12-20(13-23)11-21(14-24,15-25)19(17-9-5-2-6-10-17)26-18(20)16-7-3-1-4-8-16/h1-10,18-19,26H,11H2/p+1/t18-,19-/m1/s1. The quantitative estimate of drug-likeness (QED) is 0.906. The molecule has 0 amide bonds. The summed E-state index contributed by atoms with van der Waals surface area (Å²) in [4.78, 5) is 0. The van der Waals surface area contributed by atoms with Crippen molar-refractivity contribution in [2.45, 2.75) is 18.5 Å². The molecular weight excluding hydrogens is 322 g/mol. The molecule has 2 aromatic rings. The summed E-state index contributed by atoms with van der Waals surface area (Å²) < 4.78 is 0. The monoisotopic (exact) mass is 338 g/mol. The van der Waals surface area contributed by atoms with Crippen molar-refractivity contribution >= 4 is 0 Å². The van der Waals surface area contributed by atoms with E-state index < -0.39 is 22.9 Å². The van der Waals surface area contributed by atoms with Crippen molar-refractivity contribution in [1.29, 1.82) is 21.0 Å². The maximum atomic E-state index is 9.84. The Balaban J connectivity index is 2.19.